The van der Waals surface area contributed by atoms with Crippen LogP contribution in [0.25, 0.3) is 0 Å². The van der Waals surface area contributed by atoms with Crippen molar-refractivity contribution < 1.29 is 14.3 Å². The van der Waals surface area contributed by atoms with Gasteiger partial charge >= 0.3 is 0 Å². The van der Waals surface area contributed by atoms with Gasteiger partial charge in [-0.15, -0.1) is 0 Å². The largest absolute Gasteiger partial charge is 0.493 e. The number of hydrogen-bond acceptors (Lipinski definition) is 4. The second-order valence-electron chi connectivity index (χ2n) is 5.82. The van der Waals surface area contributed by atoms with Crippen LogP contribution < -0.4 is 4.74 Å². The van der Waals surface area contributed by atoms with E-state index in [9.17, 15) is 4.79 Å². The molecule has 0 spiro atoms. The van der Waals surface area contributed by atoms with E-state index in [1.807, 2.05) is 31.2 Å². The molecule has 0 aromatic heterocycles. The van der Waals surface area contributed by atoms with E-state index in [1.165, 1.54) is 0 Å². The molecule has 21 heavy (non-hydrogen) atoms. The molecular weight excluding hydrogens is 266 g/mol. The zero-order chi connectivity index (χ0) is 15.3. The molecule has 1 aromatic rings. The average molecular weight is 291 g/mol. The topological polar surface area (TPSA) is 38.8 Å². The van der Waals surface area contributed by atoms with E-state index in [0.717, 1.165) is 25.9 Å². The fourth-order valence-electron chi connectivity index (χ4n) is 2.88. The minimum atomic E-state index is -0.141. The van der Waals surface area contributed by atoms with E-state index in [1.54, 1.807) is 7.11 Å². The van der Waals surface area contributed by atoms with Crippen LogP contribution >= 0.6 is 0 Å². The number of ketones is 1. The average Bonchev–Trinajstić information content (AvgIpc) is 2.48. The molecule has 2 rings (SSSR count). The Morgan fingerprint density at radius 3 is 2.86 bits per heavy atom. The minimum Gasteiger partial charge on any atom is -0.493 e. The first kappa shape index (κ1) is 16.0. The number of carbonyl (C=O) groups excluding carboxylic acids is 1. The zero-order valence-electron chi connectivity index (χ0n) is 13.2. The molecule has 0 bridgehead atoms. The normalized spacial score (nSPS) is 23.0. The highest BCUT2D eigenvalue weighted by Crippen LogP contribution is 2.25. The molecule has 1 atom stereocenters. The van der Waals surface area contributed by atoms with Gasteiger partial charge in [-0.1, -0.05) is 12.1 Å². The highest BCUT2D eigenvalue weighted by molar-refractivity contribution is 6.00. The van der Waals surface area contributed by atoms with Gasteiger partial charge in [-0.25, -0.2) is 0 Å². The number of nitrogens with zero attached hydrogens (tertiary/aromatic N) is 1. The SMILES string of the molecule is CCOc1ccccc1C(=O)CN1CCCC(C)(OC)C1. The lowest BCUT2D eigenvalue weighted by molar-refractivity contribution is -0.0485. The number of hydrogen-bond donors (Lipinski definition) is 0. The molecular formula is C17H25NO3. The van der Waals surface area contributed by atoms with Crippen molar-refractivity contribution in [2.45, 2.75) is 32.3 Å². The second kappa shape index (κ2) is 7.05. The van der Waals surface area contributed by atoms with Gasteiger partial charge in [0.05, 0.1) is 24.3 Å². The summed E-state index contributed by atoms with van der Waals surface area (Å²) in [6.45, 7) is 6.76. The third-order valence-electron chi connectivity index (χ3n) is 4.09. The standard InChI is InChI=1S/C17H25NO3/c1-4-21-16-9-6-5-8-14(16)15(19)12-18-11-7-10-17(2,13-18)20-3/h5-6,8-9H,4,7,10-13H2,1-3H3. The molecule has 116 valence electrons. The number of likely N-dealkylation sites (tertiary alicyclic amines) is 1. The number of Topliss-reactive ketones (excluding diaryl/α,β-unsaturated/α-hetero) is 1. The maximum Gasteiger partial charge on any atom is 0.180 e. The summed E-state index contributed by atoms with van der Waals surface area (Å²) in [5.74, 6) is 0.788. The molecule has 0 aliphatic carbocycles. The Morgan fingerprint density at radius 1 is 1.38 bits per heavy atom. The van der Waals surface area contributed by atoms with Gasteiger partial charge in [0.15, 0.2) is 5.78 Å². The molecule has 4 heteroatoms. The number of benzene rings is 1. The first-order chi connectivity index (χ1) is 10.1. The van der Waals surface area contributed by atoms with Crippen molar-refractivity contribution in [3.8, 4) is 5.75 Å². The van der Waals surface area contributed by atoms with Crippen molar-refractivity contribution >= 4 is 5.78 Å². The molecule has 1 aromatic carbocycles. The van der Waals surface area contributed by atoms with Crippen molar-refractivity contribution in [2.75, 3.05) is 33.4 Å². The Bertz CT molecular complexity index is 489. The molecule has 1 fully saturated rings. The van der Waals surface area contributed by atoms with Gasteiger partial charge in [-0.2, -0.15) is 0 Å². The molecule has 0 radical (unpaired) electrons. The quantitative estimate of drug-likeness (QED) is 0.756. The van der Waals surface area contributed by atoms with E-state index in [4.69, 9.17) is 9.47 Å². The first-order valence-electron chi connectivity index (χ1n) is 7.60. The number of rotatable bonds is 6. The van der Waals surface area contributed by atoms with Crippen LogP contribution in [-0.2, 0) is 4.74 Å². The Balaban J connectivity index is 2.04. The van der Waals surface area contributed by atoms with Gasteiger partial charge in [0.1, 0.15) is 5.75 Å². The fraction of sp³-hybridized carbons (Fsp3) is 0.588. The van der Waals surface area contributed by atoms with Crippen LogP contribution in [0.4, 0.5) is 0 Å². The van der Waals surface area contributed by atoms with Gasteiger partial charge in [0.25, 0.3) is 0 Å². The van der Waals surface area contributed by atoms with Gasteiger partial charge < -0.3 is 9.47 Å². The second-order valence-corrected chi connectivity index (χ2v) is 5.82. The Labute approximate surface area is 127 Å². The summed E-state index contributed by atoms with van der Waals surface area (Å²) in [5.41, 5.74) is 0.530. The number of piperidine rings is 1. The molecule has 1 aliphatic rings. The highest BCUT2D eigenvalue weighted by Gasteiger charge is 2.31. The summed E-state index contributed by atoms with van der Waals surface area (Å²) < 4.78 is 11.1. The van der Waals surface area contributed by atoms with Crippen LogP contribution in [0.1, 0.15) is 37.0 Å². The van der Waals surface area contributed by atoms with Gasteiger partial charge in [-0.3, -0.25) is 9.69 Å². The van der Waals surface area contributed by atoms with Crippen molar-refractivity contribution in [1.29, 1.82) is 0 Å². The lowest BCUT2D eigenvalue weighted by Gasteiger charge is -2.39. The highest BCUT2D eigenvalue weighted by atomic mass is 16.5. The van der Waals surface area contributed by atoms with Crippen molar-refractivity contribution in [3.05, 3.63) is 29.8 Å². The van der Waals surface area contributed by atoms with Crippen LogP contribution in [-0.4, -0.2) is 49.6 Å². The molecule has 1 unspecified atom stereocenters. The summed E-state index contributed by atoms with van der Waals surface area (Å²) in [7, 11) is 1.75. The smallest absolute Gasteiger partial charge is 0.180 e. The number of ether oxygens (including phenoxy) is 2. The molecule has 0 N–H and O–H groups in total. The zero-order valence-corrected chi connectivity index (χ0v) is 13.2. The van der Waals surface area contributed by atoms with E-state index >= 15 is 0 Å². The Morgan fingerprint density at radius 2 is 2.14 bits per heavy atom. The first-order valence-corrected chi connectivity index (χ1v) is 7.60. The molecule has 0 saturated carbocycles. The Kier molecular flexibility index (Phi) is 5.37. The molecule has 0 amide bonds. The van der Waals surface area contributed by atoms with E-state index in [0.29, 0.717) is 24.5 Å². The predicted molar refractivity (Wildman–Crippen MR) is 83.0 cm³/mol. The van der Waals surface area contributed by atoms with Crippen LogP contribution in [0.15, 0.2) is 24.3 Å². The molecule has 1 saturated heterocycles. The van der Waals surface area contributed by atoms with E-state index in [2.05, 4.69) is 11.8 Å². The summed E-state index contributed by atoms with van der Waals surface area (Å²) in [5, 5.41) is 0. The van der Waals surface area contributed by atoms with Crippen LogP contribution in [0, 0.1) is 0 Å². The van der Waals surface area contributed by atoms with Crippen molar-refractivity contribution in [3.63, 3.8) is 0 Å². The maximum absolute atomic E-state index is 12.5. The third kappa shape index (κ3) is 4.05. The molecule has 1 aliphatic heterocycles. The number of carbonyl (C=O) groups is 1. The lowest BCUT2D eigenvalue weighted by atomic mass is 9.94. The third-order valence-corrected chi connectivity index (χ3v) is 4.09. The van der Waals surface area contributed by atoms with Gasteiger partial charge in [0.2, 0.25) is 0 Å². The number of methoxy groups -OCH3 is 1. The van der Waals surface area contributed by atoms with Crippen LogP contribution in [0.3, 0.4) is 0 Å². The summed E-state index contributed by atoms with van der Waals surface area (Å²) in [4.78, 5) is 14.7. The minimum absolute atomic E-state index is 0.111. The van der Waals surface area contributed by atoms with Crippen LogP contribution in [0.5, 0.6) is 5.75 Å². The molecule has 1 heterocycles. The Hall–Kier alpha value is -1.39. The van der Waals surface area contributed by atoms with Gasteiger partial charge in [-0.05, 0) is 45.4 Å². The van der Waals surface area contributed by atoms with E-state index in [-0.39, 0.29) is 11.4 Å². The van der Waals surface area contributed by atoms with Gasteiger partial charge in [0, 0.05) is 13.7 Å². The summed E-state index contributed by atoms with van der Waals surface area (Å²) in [6, 6.07) is 7.47. The fourth-order valence-corrected chi connectivity index (χ4v) is 2.88. The summed E-state index contributed by atoms with van der Waals surface area (Å²) in [6.07, 6.45) is 2.11. The maximum atomic E-state index is 12.5. The predicted octanol–water partition coefficient (Wildman–Crippen LogP) is 2.77. The summed E-state index contributed by atoms with van der Waals surface area (Å²) >= 11 is 0. The number of para-hydroxylation sites is 1. The lowest BCUT2D eigenvalue weighted by Crippen LogP contribution is -2.48. The monoisotopic (exact) mass is 291 g/mol. The van der Waals surface area contributed by atoms with Crippen molar-refractivity contribution in [1.82, 2.24) is 4.90 Å². The van der Waals surface area contributed by atoms with E-state index < -0.39 is 0 Å². The van der Waals surface area contributed by atoms with Crippen LogP contribution in [0.2, 0.25) is 0 Å². The molecule has 4 nitrogen and oxygen atoms in total. The van der Waals surface area contributed by atoms with Crippen molar-refractivity contribution in [2.24, 2.45) is 0 Å².